The Labute approximate surface area is 201 Å². The van der Waals surface area contributed by atoms with E-state index in [0.717, 1.165) is 10.8 Å². The van der Waals surface area contributed by atoms with Crippen LogP contribution in [0.15, 0.2) is 17.1 Å². The highest BCUT2D eigenvalue weighted by molar-refractivity contribution is 7.61. The Hall–Kier alpha value is -1.38. The summed E-state index contributed by atoms with van der Waals surface area (Å²) >= 11 is 0. The molecule has 0 spiro atoms. The van der Waals surface area contributed by atoms with Gasteiger partial charge in [0.05, 0.1) is 19.8 Å². The van der Waals surface area contributed by atoms with Gasteiger partial charge in [0.1, 0.15) is 42.4 Å². The third-order valence-electron chi connectivity index (χ3n) is 5.22. The number of nitrogens with zero attached hydrogens (tertiary/aromatic N) is 2. The van der Waals surface area contributed by atoms with Gasteiger partial charge < -0.3 is 55.6 Å². The highest BCUT2D eigenvalue weighted by Gasteiger charge is 2.54. The van der Waals surface area contributed by atoms with Crippen LogP contribution in [0, 0.1) is 0 Å². The number of rotatable bonds is 10. The van der Waals surface area contributed by atoms with Crippen LogP contribution in [-0.4, -0.2) is 112 Å². The van der Waals surface area contributed by atoms with E-state index in [1.807, 2.05) is 0 Å². The number of aromatic nitrogens is 2. The van der Waals surface area contributed by atoms with Gasteiger partial charge >= 0.3 is 21.3 Å². The van der Waals surface area contributed by atoms with Crippen molar-refractivity contribution in [1.29, 1.82) is 0 Å². The average Bonchev–Trinajstić information content (AvgIpc) is 3.18. The lowest BCUT2D eigenvalue weighted by Gasteiger charge is -2.23. The van der Waals surface area contributed by atoms with E-state index in [2.05, 4.69) is 18.3 Å². The molecule has 2 aliphatic heterocycles. The van der Waals surface area contributed by atoms with E-state index in [1.54, 1.807) is 0 Å². The molecule has 36 heavy (non-hydrogen) atoms. The summed E-state index contributed by atoms with van der Waals surface area (Å²) in [6, 6.07) is 1.21. The largest absolute Gasteiger partial charge is 0.481 e. The van der Waals surface area contributed by atoms with Crippen molar-refractivity contribution in [3.05, 3.63) is 22.7 Å². The molecule has 0 saturated carbocycles. The maximum Gasteiger partial charge on any atom is 0.481 e. The minimum absolute atomic E-state index is 0.118. The predicted molar refractivity (Wildman–Crippen MR) is 110 cm³/mol. The first-order valence-corrected chi connectivity index (χ1v) is 13.0. The molecule has 21 heteroatoms. The molecule has 0 aromatic carbocycles. The first-order valence-electron chi connectivity index (χ1n) is 9.98. The number of phosphoric acid groups is 2. The third kappa shape index (κ3) is 6.36. The summed E-state index contributed by atoms with van der Waals surface area (Å²) in [5.41, 5.74) is 4.45. The lowest BCUT2D eigenvalue weighted by Crippen LogP contribution is -2.46. The van der Waals surface area contributed by atoms with Crippen molar-refractivity contribution in [2.75, 3.05) is 25.6 Å². The van der Waals surface area contributed by atoms with Gasteiger partial charge in [0, 0.05) is 6.20 Å². The molecular formula is C15H25N3O16P2. The van der Waals surface area contributed by atoms with Crippen molar-refractivity contribution in [2.24, 2.45) is 0 Å². The lowest BCUT2D eigenvalue weighted by atomic mass is 10.1. The second kappa shape index (κ2) is 10.8. The van der Waals surface area contributed by atoms with Crippen LogP contribution in [0.4, 0.5) is 5.82 Å². The number of aliphatic hydroxyl groups is 6. The van der Waals surface area contributed by atoms with Crippen LogP contribution >= 0.6 is 15.6 Å². The molecule has 1 aromatic heterocycles. The van der Waals surface area contributed by atoms with Crippen LogP contribution in [0.1, 0.15) is 6.23 Å². The molecule has 19 nitrogen and oxygen atoms in total. The smallest absolute Gasteiger partial charge is 0.391 e. The minimum Gasteiger partial charge on any atom is -0.391 e. The van der Waals surface area contributed by atoms with Gasteiger partial charge in [-0.3, -0.25) is 13.6 Å². The summed E-state index contributed by atoms with van der Waals surface area (Å²) in [5, 5.41) is 58.5. The fraction of sp³-hybridized carbons (Fsp3) is 0.733. The fourth-order valence-corrected chi connectivity index (χ4v) is 5.46. The molecule has 0 bridgehead atoms. The highest BCUT2D eigenvalue weighted by atomic mass is 31.3. The number of hydrogen-bond acceptors (Lipinski definition) is 16. The van der Waals surface area contributed by atoms with Gasteiger partial charge in [0.25, 0.3) is 0 Å². The third-order valence-corrected chi connectivity index (χ3v) is 7.82. The Balaban J connectivity index is 1.55. The second-order valence-corrected chi connectivity index (χ2v) is 10.8. The van der Waals surface area contributed by atoms with Crippen molar-refractivity contribution in [1.82, 2.24) is 9.55 Å². The van der Waals surface area contributed by atoms with E-state index in [0.29, 0.717) is 0 Å². The minimum atomic E-state index is -5.40. The molecule has 3 heterocycles. The van der Waals surface area contributed by atoms with Gasteiger partial charge in [-0.2, -0.15) is 9.29 Å². The SMILES string of the molecule is Nc1ccn([C@@H]2O[C@H](COP(=O)(O)OP(=O)(O)OC[C@H]3O[C@](O)(CO)[C@@H](O)[C@@H]3O)[C@@H](O)[C@H]2O)c(=O)n1. The zero-order chi connectivity index (χ0) is 27.1. The standard InChI is InChI=1S/C15H25N3O16P2/c16-8-1-2-18(14(24)17-8)13-11(22)9(20)6(32-13)3-30-35(26,27)34-36(28,29)31-4-7-10(21)12(23)15(25,5-19)33-7/h1-2,6-7,9-13,19-23,25H,3-5H2,(H,26,27)(H,28,29)(H2,16,17,24)/t6-,7-,9-,10-,11-,12+,13-,15-/m1/s1. The molecule has 0 amide bonds. The topological polar surface area (TPSA) is 303 Å². The maximum absolute atomic E-state index is 12.1. The zero-order valence-electron chi connectivity index (χ0n) is 18.0. The van der Waals surface area contributed by atoms with E-state index >= 15 is 0 Å². The number of hydrogen-bond donors (Lipinski definition) is 9. The van der Waals surface area contributed by atoms with E-state index in [-0.39, 0.29) is 5.82 Å². The van der Waals surface area contributed by atoms with Crippen LogP contribution < -0.4 is 11.4 Å². The van der Waals surface area contributed by atoms with E-state index in [1.165, 1.54) is 6.07 Å². The molecule has 0 radical (unpaired) electrons. The number of aliphatic hydroxyl groups excluding tert-OH is 5. The van der Waals surface area contributed by atoms with Crippen LogP contribution in [-0.2, 0) is 32.0 Å². The number of anilines is 1. The summed E-state index contributed by atoms with van der Waals surface area (Å²) in [7, 11) is -10.8. The number of ether oxygens (including phenoxy) is 2. The molecule has 2 saturated heterocycles. The molecule has 0 aliphatic carbocycles. The molecular weight excluding hydrogens is 540 g/mol. The predicted octanol–water partition coefficient (Wildman–Crippen LogP) is -4.50. The van der Waals surface area contributed by atoms with E-state index in [4.69, 9.17) is 20.3 Å². The fourth-order valence-electron chi connectivity index (χ4n) is 3.36. The zero-order valence-corrected chi connectivity index (χ0v) is 19.8. The molecule has 2 aliphatic rings. The molecule has 2 unspecified atom stereocenters. The van der Waals surface area contributed by atoms with Crippen LogP contribution in [0.5, 0.6) is 0 Å². The van der Waals surface area contributed by atoms with Crippen molar-refractivity contribution in [2.45, 2.75) is 48.6 Å². The summed E-state index contributed by atoms with van der Waals surface area (Å²) in [4.78, 5) is 34.8. The average molecular weight is 565 g/mol. The molecule has 1 aromatic rings. The maximum atomic E-state index is 12.1. The van der Waals surface area contributed by atoms with Gasteiger partial charge in [-0.25, -0.2) is 13.9 Å². The van der Waals surface area contributed by atoms with Crippen molar-refractivity contribution in [3.8, 4) is 0 Å². The van der Waals surface area contributed by atoms with Crippen molar-refractivity contribution in [3.63, 3.8) is 0 Å². The monoisotopic (exact) mass is 565 g/mol. The number of phosphoric ester groups is 2. The van der Waals surface area contributed by atoms with E-state index < -0.39 is 89.8 Å². The molecule has 206 valence electrons. The summed E-state index contributed by atoms with van der Waals surface area (Å²) in [5.74, 6) is -2.70. The van der Waals surface area contributed by atoms with Crippen molar-refractivity contribution >= 4 is 21.5 Å². The summed E-state index contributed by atoms with van der Waals surface area (Å²) in [6.07, 6.45) is -10.8. The Morgan fingerprint density at radius 1 is 1.06 bits per heavy atom. The number of nitrogen functional groups attached to an aromatic ring is 1. The first-order chi connectivity index (χ1) is 16.6. The van der Waals surface area contributed by atoms with Gasteiger partial charge in [-0.1, -0.05) is 0 Å². The van der Waals surface area contributed by atoms with Crippen molar-refractivity contribution < 1.29 is 72.4 Å². The first kappa shape index (κ1) is 29.2. The summed E-state index contributed by atoms with van der Waals surface area (Å²) in [6.45, 7) is -3.15. The lowest BCUT2D eigenvalue weighted by molar-refractivity contribution is -0.247. The Bertz CT molecular complexity index is 1090. The Morgan fingerprint density at radius 2 is 1.64 bits per heavy atom. The summed E-state index contributed by atoms with van der Waals surface area (Å²) < 4.78 is 48.0. The van der Waals surface area contributed by atoms with Gasteiger partial charge in [0.15, 0.2) is 6.23 Å². The van der Waals surface area contributed by atoms with Gasteiger partial charge in [-0.05, 0) is 6.07 Å². The second-order valence-electron chi connectivity index (χ2n) is 7.79. The Morgan fingerprint density at radius 3 is 2.17 bits per heavy atom. The highest BCUT2D eigenvalue weighted by Crippen LogP contribution is 2.60. The number of nitrogens with two attached hydrogens (primary N) is 1. The molecule has 3 rings (SSSR count). The van der Waals surface area contributed by atoms with Crippen LogP contribution in [0.3, 0.4) is 0 Å². The molecule has 10 atom stereocenters. The Kier molecular flexibility index (Phi) is 8.73. The molecule has 10 N–H and O–H groups in total. The molecule has 2 fully saturated rings. The van der Waals surface area contributed by atoms with E-state index in [9.17, 15) is 49.2 Å². The van der Waals surface area contributed by atoms with Crippen LogP contribution in [0.25, 0.3) is 0 Å². The van der Waals surface area contributed by atoms with Gasteiger partial charge in [0.2, 0.25) is 5.79 Å². The van der Waals surface area contributed by atoms with Gasteiger partial charge in [-0.15, -0.1) is 0 Å². The quantitative estimate of drug-likeness (QED) is 0.121. The normalized spacial score (nSPS) is 38.1. The van der Waals surface area contributed by atoms with Crippen LogP contribution in [0.2, 0.25) is 0 Å².